The first-order valence-corrected chi connectivity index (χ1v) is 7.38. The van der Waals surface area contributed by atoms with Gasteiger partial charge < -0.3 is 10.3 Å². The van der Waals surface area contributed by atoms with Crippen LogP contribution in [0.4, 0.5) is 5.69 Å². The summed E-state index contributed by atoms with van der Waals surface area (Å²) in [5.74, 6) is 0. The number of nitrogens with zero attached hydrogens (tertiary/aromatic N) is 2. The van der Waals surface area contributed by atoms with Gasteiger partial charge in [-0.3, -0.25) is 4.90 Å². The molecule has 0 amide bonds. The maximum atomic E-state index is 6.20. The lowest BCUT2D eigenvalue weighted by Gasteiger charge is -2.26. The lowest BCUT2D eigenvalue weighted by molar-refractivity contribution is 0.221. The van der Waals surface area contributed by atoms with Crippen LogP contribution in [0.3, 0.4) is 0 Å². The van der Waals surface area contributed by atoms with E-state index in [9.17, 15) is 0 Å². The van der Waals surface area contributed by atoms with Gasteiger partial charge >= 0.3 is 0 Å². The van der Waals surface area contributed by atoms with Crippen LogP contribution >= 0.6 is 0 Å². The lowest BCUT2D eigenvalue weighted by atomic mass is 10.1. The minimum absolute atomic E-state index is 0.914. The minimum atomic E-state index is 0.914. The summed E-state index contributed by atoms with van der Waals surface area (Å²) in [6.07, 6.45) is 6.34. The van der Waals surface area contributed by atoms with E-state index < -0.39 is 0 Å². The molecule has 0 saturated carbocycles. The average molecular weight is 257 g/mol. The predicted octanol–water partition coefficient (Wildman–Crippen LogP) is 3.23. The highest BCUT2D eigenvalue weighted by atomic mass is 15.1. The molecular formula is C16H23N3. The molecule has 0 atom stereocenters. The number of hydrogen-bond donors (Lipinski definition) is 1. The molecule has 0 spiro atoms. The van der Waals surface area contributed by atoms with Gasteiger partial charge in [-0.2, -0.15) is 0 Å². The number of nitrogen functional groups attached to an aromatic ring is 1. The molecule has 3 heteroatoms. The fourth-order valence-corrected chi connectivity index (χ4v) is 3.21. The van der Waals surface area contributed by atoms with Crippen LogP contribution in [0, 0.1) is 0 Å². The second-order valence-corrected chi connectivity index (χ2v) is 5.52. The van der Waals surface area contributed by atoms with Crippen molar-refractivity contribution >= 4 is 16.6 Å². The van der Waals surface area contributed by atoms with E-state index in [1.807, 2.05) is 6.07 Å². The van der Waals surface area contributed by atoms with Gasteiger partial charge in [0.05, 0.1) is 5.52 Å². The van der Waals surface area contributed by atoms with Crippen LogP contribution < -0.4 is 5.73 Å². The largest absolute Gasteiger partial charge is 0.398 e. The molecule has 0 unspecified atom stereocenters. The van der Waals surface area contributed by atoms with Crippen LogP contribution in [0.5, 0.6) is 0 Å². The van der Waals surface area contributed by atoms with Crippen molar-refractivity contribution < 1.29 is 0 Å². The van der Waals surface area contributed by atoms with Crippen LogP contribution in [-0.2, 0) is 13.1 Å². The molecule has 3 rings (SSSR count). The fourth-order valence-electron chi connectivity index (χ4n) is 3.21. The Bertz CT molecular complexity index is 565. The molecule has 0 bridgehead atoms. The van der Waals surface area contributed by atoms with Crippen LogP contribution in [0.15, 0.2) is 24.4 Å². The minimum Gasteiger partial charge on any atom is -0.398 e. The second kappa shape index (κ2) is 5.25. The summed E-state index contributed by atoms with van der Waals surface area (Å²) in [5.41, 5.74) is 9.77. The highest BCUT2D eigenvalue weighted by molar-refractivity contribution is 5.94. The van der Waals surface area contributed by atoms with E-state index in [0.717, 1.165) is 18.8 Å². The molecule has 2 N–H and O–H groups in total. The maximum Gasteiger partial charge on any atom is 0.0504 e. The van der Waals surface area contributed by atoms with Gasteiger partial charge in [-0.25, -0.2) is 0 Å². The van der Waals surface area contributed by atoms with Gasteiger partial charge in [-0.05, 0) is 50.6 Å². The van der Waals surface area contributed by atoms with Gasteiger partial charge in [-0.1, -0.05) is 12.5 Å². The zero-order chi connectivity index (χ0) is 13.2. The van der Waals surface area contributed by atoms with Crippen LogP contribution in [0.1, 0.15) is 31.7 Å². The van der Waals surface area contributed by atoms with Gasteiger partial charge in [0.2, 0.25) is 0 Å². The molecule has 2 aromatic rings. The molecule has 102 valence electrons. The molecule has 1 aromatic heterocycles. The van der Waals surface area contributed by atoms with Crippen LogP contribution in [-0.4, -0.2) is 22.6 Å². The number of fused-ring (bicyclic) bond motifs is 1. The molecule has 0 radical (unpaired) electrons. The molecule has 1 saturated heterocycles. The number of anilines is 1. The smallest absolute Gasteiger partial charge is 0.0504 e. The Morgan fingerprint density at radius 2 is 1.95 bits per heavy atom. The number of likely N-dealkylation sites (tertiary alicyclic amines) is 1. The van der Waals surface area contributed by atoms with Gasteiger partial charge in [0, 0.05) is 30.4 Å². The van der Waals surface area contributed by atoms with Crippen molar-refractivity contribution in [1.29, 1.82) is 0 Å². The van der Waals surface area contributed by atoms with E-state index in [1.165, 1.54) is 48.8 Å². The normalized spacial score (nSPS) is 17.1. The Morgan fingerprint density at radius 1 is 1.16 bits per heavy atom. The Balaban J connectivity index is 1.98. The summed E-state index contributed by atoms with van der Waals surface area (Å²) in [5, 5.41) is 1.26. The topological polar surface area (TPSA) is 34.2 Å². The summed E-state index contributed by atoms with van der Waals surface area (Å²) in [6, 6.07) is 6.24. The molecule has 0 aliphatic carbocycles. The fraction of sp³-hybridized carbons (Fsp3) is 0.500. The summed E-state index contributed by atoms with van der Waals surface area (Å²) in [6.45, 7) is 6.68. The van der Waals surface area contributed by atoms with Crippen molar-refractivity contribution in [3.63, 3.8) is 0 Å². The van der Waals surface area contributed by atoms with E-state index in [0.29, 0.717) is 0 Å². The first-order valence-electron chi connectivity index (χ1n) is 7.38. The monoisotopic (exact) mass is 257 g/mol. The third-order valence-corrected chi connectivity index (χ3v) is 4.20. The zero-order valence-corrected chi connectivity index (χ0v) is 11.7. The number of piperidine rings is 1. The second-order valence-electron chi connectivity index (χ2n) is 5.52. The summed E-state index contributed by atoms with van der Waals surface area (Å²) in [4.78, 5) is 2.56. The SMILES string of the molecule is CCn1cc(CN2CCCCC2)c2c(N)cccc21. The number of hydrogen-bond acceptors (Lipinski definition) is 2. The standard InChI is InChI=1S/C16H23N3/c1-2-19-12-13(11-18-9-4-3-5-10-18)16-14(17)7-6-8-15(16)19/h6-8,12H,2-5,9-11,17H2,1H3. The van der Waals surface area contributed by atoms with Crippen molar-refractivity contribution in [1.82, 2.24) is 9.47 Å². The first kappa shape index (κ1) is 12.5. The number of nitrogens with two attached hydrogens (primary N) is 1. The molecule has 3 nitrogen and oxygen atoms in total. The van der Waals surface area contributed by atoms with Crippen molar-refractivity contribution in [3.8, 4) is 0 Å². The van der Waals surface area contributed by atoms with E-state index >= 15 is 0 Å². The summed E-state index contributed by atoms with van der Waals surface area (Å²) < 4.78 is 2.31. The van der Waals surface area contributed by atoms with Gasteiger partial charge in [0.1, 0.15) is 0 Å². The summed E-state index contributed by atoms with van der Waals surface area (Å²) >= 11 is 0. The van der Waals surface area contributed by atoms with Gasteiger partial charge in [-0.15, -0.1) is 0 Å². The van der Waals surface area contributed by atoms with Crippen LogP contribution in [0.2, 0.25) is 0 Å². The number of aromatic nitrogens is 1. The Labute approximate surface area is 115 Å². The van der Waals surface area contributed by atoms with E-state index in [4.69, 9.17) is 5.73 Å². The quantitative estimate of drug-likeness (QED) is 0.857. The highest BCUT2D eigenvalue weighted by Gasteiger charge is 2.15. The molecule has 1 aliphatic rings. The predicted molar refractivity (Wildman–Crippen MR) is 81.2 cm³/mol. The molecule has 1 fully saturated rings. The van der Waals surface area contributed by atoms with E-state index in [2.05, 4.69) is 34.7 Å². The Kier molecular flexibility index (Phi) is 3.47. The molecular weight excluding hydrogens is 234 g/mol. The molecule has 1 aromatic carbocycles. The number of rotatable bonds is 3. The average Bonchev–Trinajstić information content (AvgIpc) is 2.79. The third kappa shape index (κ3) is 2.35. The number of benzene rings is 1. The van der Waals surface area contributed by atoms with E-state index in [1.54, 1.807) is 0 Å². The van der Waals surface area contributed by atoms with Gasteiger partial charge in [0.15, 0.2) is 0 Å². The van der Waals surface area contributed by atoms with Crippen molar-refractivity contribution in [2.45, 2.75) is 39.3 Å². The molecule has 19 heavy (non-hydrogen) atoms. The third-order valence-electron chi connectivity index (χ3n) is 4.20. The van der Waals surface area contributed by atoms with E-state index in [-0.39, 0.29) is 0 Å². The zero-order valence-electron chi connectivity index (χ0n) is 11.7. The summed E-state index contributed by atoms with van der Waals surface area (Å²) in [7, 11) is 0. The van der Waals surface area contributed by atoms with Crippen molar-refractivity contribution in [2.75, 3.05) is 18.8 Å². The maximum absolute atomic E-state index is 6.20. The van der Waals surface area contributed by atoms with Crippen LogP contribution in [0.25, 0.3) is 10.9 Å². The van der Waals surface area contributed by atoms with Crippen molar-refractivity contribution in [3.05, 3.63) is 30.0 Å². The Hall–Kier alpha value is -1.48. The molecule has 1 aliphatic heterocycles. The number of aryl methyl sites for hydroxylation is 1. The Morgan fingerprint density at radius 3 is 2.68 bits per heavy atom. The highest BCUT2D eigenvalue weighted by Crippen LogP contribution is 2.28. The first-order chi connectivity index (χ1) is 9.29. The van der Waals surface area contributed by atoms with Crippen molar-refractivity contribution in [2.24, 2.45) is 0 Å². The molecule has 2 heterocycles. The lowest BCUT2D eigenvalue weighted by Crippen LogP contribution is -2.29. The van der Waals surface area contributed by atoms with Gasteiger partial charge in [0.25, 0.3) is 0 Å².